The van der Waals surface area contributed by atoms with Gasteiger partial charge in [0.1, 0.15) is 12.9 Å². The quantitative estimate of drug-likeness (QED) is 0.693. The Labute approximate surface area is 129 Å². The Kier molecular flexibility index (Phi) is 3.03. The van der Waals surface area contributed by atoms with Crippen molar-refractivity contribution in [2.24, 2.45) is 0 Å². The van der Waals surface area contributed by atoms with Crippen LogP contribution in [0.1, 0.15) is 25.8 Å². The highest BCUT2D eigenvalue weighted by Crippen LogP contribution is 2.28. The number of aromatic nitrogens is 4. The Hall–Kier alpha value is -2.69. The van der Waals surface area contributed by atoms with Crippen molar-refractivity contribution in [1.29, 1.82) is 0 Å². The van der Waals surface area contributed by atoms with Gasteiger partial charge >= 0.3 is 0 Å². The molecule has 2 atom stereocenters. The summed E-state index contributed by atoms with van der Waals surface area (Å²) in [6, 6.07) is 10.1. The fraction of sp³-hybridized carbons (Fsp3) is 0.235. The first kappa shape index (κ1) is 11.9. The first-order valence-corrected chi connectivity index (χ1v) is 7.26. The van der Waals surface area contributed by atoms with E-state index >= 15 is 0 Å². The van der Waals surface area contributed by atoms with Gasteiger partial charge in [0.2, 0.25) is 5.88 Å². The van der Waals surface area contributed by atoms with E-state index in [4.69, 9.17) is 6.11 Å². The van der Waals surface area contributed by atoms with E-state index in [-0.39, 0.29) is 12.4 Å². The highest BCUT2D eigenvalue weighted by Gasteiger charge is 2.17. The first-order chi connectivity index (χ1) is 11.3. The van der Waals surface area contributed by atoms with Crippen molar-refractivity contribution in [3.05, 3.63) is 60.7 Å². The average molecular weight is 293 g/mol. The van der Waals surface area contributed by atoms with Gasteiger partial charge in [-0.3, -0.25) is 0 Å². The molecule has 0 aliphatic heterocycles. The van der Waals surface area contributed by atoms with Crippen molar-refractivity contribution in [3.63, 3.8) is 0 Å². The molecule has 0 amide bonds. The summed E-state index contributed by atoms with van der Waals surface area (Å²) < 4.78 is 15.6. The van der Waals surface area contributed by atoms with Gasteiger partial charge in [-0.1, -0.05) is 42.5 Å². The summed E-state index contributed by atoms with van der Waals surface area (Å²) in [6.45, 7) is 0.442. The summed E-state index contributed by atoms with van der Waals surface area (Å²) >= 11 is 0. The number of rotatable bonds is 4. The second-order valence-electron chi connectivity index (χ2n) is 5.20. The summed E-state index contributed by atoms with van der Waals surface area (Å²) in [5.41, 5.74) is 2.48. The maximum atomic E-state index is 7.80. The molecule has 0 radical (unpaired) electrons. The van der Waals surface area contributed by atoms with Crippen LogP contribution in [-0.4, -0.2) is 19.5 Å². The molecular weight excluding hydrogens is 276 g/mol. The molecule has 0 unspecified atom stereocenters. The van der Waals surface area contributed by atoms with Crippen molar-refractivity contribution in [3.8, 4) is 5.88 Å². The Morgan fingerprint density at radius 2 is 2.14 bits per heavy atom. The van der Waals surface area contributed by atoms with E-state index < -0.39 is 0 Å². The number of allylic oxidation sites excluding steroid dienone is 2. The predicted molar refractivity (Wildman–Crippen MR) is 83.5 cm³/mol. The van der Waals surface area contributed by atoms with Crippen LogP contribution in [0, 0.1) is 0 Å². The number of benzene rings is 1. The molecule has 0 fully saturated rings. The Morgan fingerprint density at radius 3 is 2.95 bits per heavy atom. The molecule has 4 rings (SSSR count). The molecule has 0 saturated heterocycles. The molecule has 5 heteroatoms. The third-order valence-corrected chi connectivity index (χ3v) is 3.75. The van der Waals surface area contributed by atoms with E-state index in [1.807, 2.05) is 47.1 Å². The van der Waals surface area contributed by atoms with Crippen LogP contribution in [0.2, 0.25) is 0 Å². The van der Waals surface area contributed by atoms with Crippen LogP contribution in [0.3, 0.4) is 0 Å². The van der Waals surface area contributed by atoms with Crippen LogP contribution >= 0.6 is 0 Å². The number of fused-ring (bicyclic) bond motifs is 1. The van der Waals surface area contributed by atoms with Gasteiger partial charge in [-0.15, -0.1) is 0 Å². The lowest BCUT2D eigenvalue weighted by molar-refractivity contribution is 0.297. The zero-order chi connectivity index (χ0) is 15.6. The third kappa shape index (κ3) is 2.35. The average Bonchev–Trinajstić information content (AvgIpc) is 3.20. The van der Waals surface area contributed by atoms with Gasteiger partial charge in [0.15, 0.2) is 11.2 Å². The highest BCUT2D eigenvalue weighted by atomic mass is 16.5. The van der Waals surface area contributed by atoms with E-state index in [0.717, 1.165) is 17.6 Å². The number of ether oxygens (including phenoxy) is 1. The Morgan fingerprint density at radius 1 is 1.23 bits per heavy atom. The van der Waals surface area contributed by atoms with Crippen LogP contribution < -0.4 is 4.74 Å². The minimum Gasteiger partial charge on any atom is -0.471 e. The molecule has 2 aromatic heterocycles. The molecular formula is C17H16N4O. The molecule has 0 saturated carbocycles. The lowest BCUT2D eigenvalue weighted by Gasteiger charge is -2.10. The minimum absolute atomic E-state index is 0.124. The molecule has 22 heavy (non-hydrogen) atoms. The largest absolute Gasteiger partial charge is 0.471 e. The van der Waals surface area contributed by atoms with E-state index in [1.165, 1.54) is 6.33 Å². The molecule has 3 aromatic rings. The fourth-order valence-electron chi connectivity index (χ4n) is 2.61. The van der Waals surface area contributed by atoms with Crippen LogP contribution in [0.25, 0.3) is 11.2 Å². The topological polar surface area (TPSA) is 52.8 Å². The van der Waals surface area contributed by atoms with Crippen molar-refractivity contribution in [1.82, 2.24) is 19.5 Å². The monoisotopic (exact) mass is 293 g/mol. The molecule has 0 N–H and O–H groups in total. The van der Waals surface area contributed by atoms with Gasteiger partial charge in [0, 0.05) is 1.37 Å². The van der Waals surface area contributed by atoms with E-state index in [0.29, 0.717) is 18.0 Å². The molecule has 0 bridgehead atoms. The van der Waals surface area contributed by atoms with Gasteiger partial charge in [-0.05, 0) is 18.4 Å². The standard InChI is InChI=1S/C17H16N4O/c1-2-6-13(7-3-1)10-22-17-15-16(18-11-19-17)21(12-20-15)14-8-4-5-9-14/h1-4,6-8,11-12,14H,5,9-10H2/t14-/m0/s1/i5D/t5-,14+/m1. The van der Waals surface area contributed by atoms with Gasteiger partial charge in [-0.2, -0.15) is 4.98 Å². The van der Waals surface area contributed by atoms with Gasteiger partial charge in [0.05, 0.1) is 12.4 Å². The van der Waals surface area contributed by atoms with E-state index in [1.54, 1.807) is 6.33 Å². The normalized spacial score (nSPS) is 21.2. The summed E-state index contributed by atoms with van der Waals surface area (Å²) in [4.78, 5) is 13.0. The van der Waals surface area contributed by atoms with Crippen LogP contribution in [-0.2, 0) is 6.61 Å². The van der Waals surface area contributed by atoms with Crippen molar-refractivity contribution in [2.75, 3.05) is 0 Å². The molecule has 110 valence electrons. The zero-order valence-electron chi connectivity index (χ0n) is 13.0. The summed E-state index contributed by atoms with van der Waals surface area (Å²) in [7, 11) is 0. The van der Waals surface area contributed by atoms with E-state index in [9.17, 15) is 0 Å². The van der Waals surface area contributed by atoms with Crippen LogP contribution in [0.5, 0.6) is 5.88 Å². The molecule has 5 nitrogen and oxygen atoms in total. The molecule has 0 spiro atoms. The molecule has 1 aromatic carbocycles. The zero-order valence-corrected chi connectivity index (χ0v) is 12.0. The third-order valence-electron chi connectivity index (χ3n) is 3.75. The second kappa shape index (κ2) is 5.60. The number of hydrogen-bond donors (Lipinski definition) is 0. The van der Waals surface area contributed by atoms with Gasteiger partial charge in [0.25, 0.3) is 0 Å². The Bertz CT molecular complexity index is 846. The van der Waals surface area contributed by atoms with Crippen molar-refractivity contribution < 1.29 is 6.11 Å². The highest BCUT2D eigenvalue weighted by molar-refractivity contribution is 5.76. The minimum atomic E-state index is -0.159. The summed E-state index contributed by atoms with van der Waals surface area (Å²) in [6.07, 6.45) is 7.78. The van der Waals surface area contributed by atoms with E-state index in [2.05, 4.69) is 15.0 Å². The van der Waals surface area contributed by atoms with Gasteiger partial charge in [-0.25, -0.2) is 9.97 Å². The maximum Gasteiger partial charge on any atom is 0.245 e. The smallest absolute Gasteiger partial charge is 0.245 e. The summed E-state index contributed by atoms with van der Waals surface area (Å²) in [5.74, 6) is 0.488. The van der Waals surface area contributed by atoms with Crippen molar-refractivity contribution >= 4 is 11.2 Å². The predicted octanol–water partition coefficient (Wildman–Crippen LogP) is 3.30. The van der Waals surface area contributed by atoms with Gasteiger partial charge < -0.3 is 9.30 Å². The number of nitrogens with zero attached hydrogens (tertiary/aromatic N) is 4. The lowest BCUT2D eigenvalue weighted by Crippen LogP contribution is -2.04. The van der Waals surface area contributed by atoms with Crippen LogP contribution in [0.15, 0.2) is 55.1 Å². The Balaban J connectivity index is 1.61. The second-order valence-corrected chi connectivity index (χ2v) is 5.20. The number of hydrogen-bond acceptors (Lipinski definition) is 4. The number of imidazole rings is 1. The lowest BCUT2D eigenvalue weighted by atomic mass is 10.2. The maximum absolute atomic E-state index is 7.80. The fourth-order valence-corrected chi connectivity index (χ4v) is 2.61. The molecule has 2 heterocycles. The summed E-state index contributed by atoms with van der Waals surface area (Å²) in [5, 5.41) is 0. The van der Waals surface area contributed by atoms with Crippen LogP contribution in [0.4, 0.5) is 0 Å². The first-order valence-electron chi connectivity index (χ1n) is 7.84. The molecule has 1 aliphatic rings. The van der Waals surface area contributed by atoms with Crippen molar-refractivity contribution in [2.45, 2.75) is 25.5 Å². The SMILES string of the molecule is [2H][C@@H]1C=C[C@H](n2cnc3c(OCc4ccccc4)ncnc32)C1. The molecule has 1 aliphatic carbocycles.